The van der Waals surface area contributed by atoms with Crippen LogP contribution in [-0.2, 0) is 61.3 Å². The van der Waals surface area contributed by atoms with E-state index in [9.17, 15) is 9.59 Å². The number of ether oxygens (including phenoxy) is 11. The summed E-state index contributed by atoms with van der Waals surface area (Å²) in [5.41, 5.74) is 0.296. The van der Waals surface area contributed by atoms with Crippen LogP contribution in [0.25, 0.3) is 0 Å². The van der Waals surface area contributed by atoms with Crippen molar-refractivity contribution in [2.75, 3.05) is 145 Å². The average molecular weight is 707 g/mol. The Balaban J connectivity index is 1.66. The van der Waals surface area contributed by atoms with E-state index in [1.807, 2.05) is 0 Å². The molecule has 0 unspecified atom stereocenters. The van der Waals surface area contributed by atoms with Crippen molar-refractivity contribution in [3.8, 4) is 0 Å². The second kappa shape index (κ2) is 32.3. The Morgan fingerprint density at radius 2 is 0.688 bits per heavy atom. The van der Waals surface area contributed by atoms with Gasteiger partial charge in [-0.15, -0.1) is 0 Å². The molecule has 0 aliphatic heterocycles. The third kappa shape index (κ3) is 30.2. The lowest BCUT2D eigenvalue weighted by molar-refractivity contribution is -0.139. The highest BCUT2D eigenvalue weighted by Crippen LogP contribution is 2.02. The number of carbonyl (C=O) groups is 2. The van der Waals surface area contributed by atoms with Crippen molar-refractivity contribution >= 4 is 20.1 Å². The van der Waals surface area contributed by atoms with Crippen LogP contribution in [0.1, 0.15) is 10.4 Å². The summed E-state index contributed by atoms with van der Waals surface area (Å²) in [6, 6.07) is 8.26. The van der Waals surface area contributed by atoms with Gasteiger partial charge in [-0.1, -0.05) is 30.3 Å². The lowest BCUT2D eigenvalue weighted by Gasteiger charge is -2.16. The summed E-state index contributed by atoms with van der Waals surface area (Å²) in [4.78, 5) is 23.6. The van der Waals surface area contributed by atoms with Crippen molar-refractivity contribution in [3.63, 3.8) is 0 Å². The van der Waals surface area contributed by atoms with E-state index in [0.29, 0.717) is 138 Å². The van der Waals surface area contributed by atoms with Crippen LogP contribution in [0, 0.1) is 0 Å². The molecule has 48 heavy (non-hydrogen) atoms. The lowest BCUT2D eigenvalue weighted by atomic mass is 10.1. The molecule has 0 N–H and O–H groups in total. The maximum Gasteiger partial charge on any atom is 0.379 e. The van der Waals surface area contributed by atoms with E-state index in [2.05, 4.69) is 19.6 Å². The van der Waals surface area contributed by atoms with Gasteiger partial charge in [0.2, 0.25) is 0 Å². The molecule has 0 fully saturated rings. The van der Waals surface area contributed by atoms with Gasteiger partial charge in [0.05, 0.1) is 139 Å². The number of esters is 1. The number of ketones is 1. The maximum absolute atomic E-state index is 11.9. The molecule has 0 radical (unpaired) electrons. The van der Waals surface area contributed by atoms with E-state index < -0.39 is 20.1 Å². The number of hydrogen-bond donors (Lipinski definition) is 0. The molecule has 0 amide bonds. The van der Waals surface area contributed by atoms with Gasteiger partial charge >= 0.3 is 5.97 Å². The average Bonchev–Trinajstić information content (AvgIpc) is 3.07. The Morgan fingerprint density at radius 1 is 0.417 bits per heavy atom. The van der Waals surface area contributed by atoms with Gasteiger partial charge in [0, 0.05) is 5.56 Å². The van der Waals surface area contributed by atoms with Gasteiger partial charge in [-0.3, -0.25) is 4.79 Å². The molecular weight excluding hydrogens is 648 g/mol. The van der Waals surface area contributed by atoms with Gasteiger partial charge in [-0.05, 0) is 19.6 Å². The molecular formula is C33H58O14Si. The molecule has 1 rings (SSSR count). The molecule has 15 heteroatoms. The Hall–Kier alpha value is -1.86. The van der Waals surface area contributed by atoms with Crippen molar-refractivity contribution in [1.29, 1.82) is 0 Å². The van der Waals surface area contributed by atoms with Crippen LogP contribution in [0.3, 0.4) is 0 Å². The van der Waals surface area contributed by atoms with Crippen molar-refractivity contribution in [3.05, 3.63) is 35.9 Å². The minimum Gasteiger partial charge on any atom is -0.457 e. The van der Waals surface area contributed by atoms with Crippen LogP contribution in [0.4, 0.5) is 0 Å². The van der Waals surface area contributed by atoms with E-state index in [0.717, 1.165) is 0 Å². The Labute approximate surface area is 286 Å². The van der Waals surface area contributed by atoms with Gasteiger partial charge in [0.15, 0.2) is 8.32 Å². The molecule has 0 bridgehead atoms. The summed E-state index contributed by atoms with van der Waals surface area (Å²) in [5, 5.41) is 0. The fourth-order valence-corrected chi connectivity index (χ4v) is 4.15. The Bertz CT molecular complexity index is 872. The zero-order valence-corrected chi connectivity index (χ0v) is 30.2. The normalized spacial score (nSPS) is 11.6. The van der Waals surface area contributed by atoms with Crippen LogP contribution in [0.2, 0.25) is 19.6 Å². The topological polar surface area (TPSA) is 145 Å². The number of carbonyl (C=O) groups excluding carboxylic acids is 2. The SMILES string of the molecule is C[Si](C)(C)OCCOCCOCCOCCOCCOCCOCCOCCOCCOCCOCCOC(=O)C(=O)c1ccccc1. The van der Waals surface area contributed by atoms with Crippen molar-refractivity contribution in [2.45, 2.75) is 19.6 Å². The minimum atomic E-state index is -1.46. The first-order valence-electron chi connectivity index (χ1n) is 16.6. The first kappa shape index (κ1) is 44.2. The fraction of sp³-hybridized carbons (Fsp3) is 0.758. The van der Waals surface area contributed by atoms with Crippen LogP contribution >= 0.6 is 0 Å². The molecule has 0 atom stereocenters. The largest absolute Gasteiger partial charge is 0.457 e. The van der Waals surface area contributed by atoms with Gasteiger partial charge in [-0.2, -0.15) is 0 Å². The van der Waals surface area contributed by atoms with Crippen LogP contribution < -0.4 is 0 Å². The van der Waals surface area contributed by atoms with E-state index in [-0.39, 0.29) is 13.2 Å². The molecule has 0 saturated heterocycles. The molecule has 0 aromatic heterocycles. The highest BCUT2D eigenvalue weighted by molar-refractivity contribution is 6.69. The molecule has 0 aliphatic rings. The number of Topliss-reactive ketones (excluding diaryl/α,β-unsaturated/α-hetero) is 1. The van der Waals surface area contributed by atoms with Gasteiger partial charge in [0.25, 0.3) is 5.78 Å². The summed E-state index contributed by atoms with van der Waals surface area (Å²) in [6.07, 6.45) is 0. The lowest BCUT2D eigenvalue weighted by Crippen LogP contribution is -2.27. The third-order valence-electron chi connectivity index (χ3n) is 5.79. The standard InChI is InChI=1S/C33H58O14Si/c1-48(2,3)47-30-28-45-26-24-43-22-20-41-18-16-39-14-12-37-10-9-36-11-13-38-15-17-40-19-21-42-23-25-44-27-29-46-33(35)32(34)31-7-5-4-6-8-31/h4-8H,9-30H2,1-3H3. The highest BCUT2D eigenvalue weighted by atomic mass is 28.4. The molecule has 0 saturated carbocycles. The quantitative estimate of drug-likeness (QED) is 0.0331. The summed E-state index contributed by atoms with van der Waals surface area (Å²) < 4.78 is 65.1. The molecule has 0 aliphatic carbocycles. The molecule has 1 aromatic carbocycles. The molecule has 14 nitrogen and oxygen atoms in total. The maximum atomic E-state index is 11.9. The second-order valence-corrected chi connectivity index (χ2v) is 15.4. The Kier molecular flexibility index (Phi) is 29.8. The van der Waals surface area contributed by atoms with Crippen molar-refractivity contribution < 1.29 is 66.1 Å². The van der Waals surface area contributed by atoms with Crippen molar-refractivity contribution in [1.82, 2.24) is 0 Å². The second-order valence-electron chi connectivity index (χ2n) is 10.9. The predicted octanol–water partition coefficient (Wildman–Crippen LogP) is 2.43. The Morgan fingerprint density at radius 3 is 0.979 bits per heavy atom. The molecule has 0 spiro atoms. The minimum absolute atomic E-state index is 0.00211. The fourth-order valence-electron chi connectivity index (χ4n) is 3.45. The summed E-state index contributed by atoms with van der Waals surface area (Å²) in [6.45, 7) is 16.5. The van der Waals surface area contributed by atoms with E-state index in [4.69, 9.17) is 56.5 Å². The number of hydrogen-bond acceptors (Lipinski definition) is 14. The highest BCUT2D eigenvalue weighted by Gasteiger charge is 2.17. The van der Waals surface area contributed by atoms with Crippen LogP contribution in [-0.4, -0.2) is 165 Å². The monoisotopic (exact) mass is 706 g/mol. The summed E-state index contributed by atoms with van der Waals surface area (Å²) >= 11 is 0. The molecule has 0 heterocycles. The predicted molar refractivity (Wildman–Crippen MR) is 179 cm³/mol. The van der Waals surface area contributed by atoms with Gasteiger partial charge in [-0.25, -0.2) is 4.79 Å². The van der Waals surface area contributed by atoms with Crippen LogP contribution in [0.5, 0.6) is 0 Å². The van der Waals surface area contributed by atoms with Gasteiger partial charge in [0.1, 0.15) is 6.61 Å². The number of rotatable bonds is 36. The third-order valence-corrected chi connectivity index (χ3v) is 6.86. The zero-order valence-electron chi connectivity index (χ0n) is 29.2. The summed E-state index contributed by atoms with van der Waals surface area (Å²) in [5.74, 6) is -1.57. The smallest absolute Gasteiger partial charge is 0.379 e. The van der Waals surface area contributed by atoms with E-state index in [1.165, 1.54) is 0 Å². The molecule has 278 valence electrons. The first-order chi connectivity index (χ1) is 23.4. The first-order valence-corrected chi connectivity index (χ1v) is 20.0. The zero-order chi connectivity index (χ0) is 34.8. The summed E-state index contributed by atoms with van der Waals surface area (Å²) in [7, 11) is -1.46. The van der Waals surface area contributed by atoms with Crippen LogP contribution in [0.15, 0.2) is 30.3 Å². The van der Waals surface area contributed by atoms with E-state index in [1.54, 1.807) is 30.3 Å². The van der Waals surface area contributed by atoms with Gasteiger partial charge < -0.3 is 56.5 Å². The number of benzene rings is 1. The van der Waals surface area contributed by atoms with Crippen molar-refractivity contribution in [2.24, 2.45) is 0 Å². The molecule has 1 aromatic rings. The van der Waals surface area contributed by atoms with E-state index >= 15 is 0 Å².